The molecule has 5 heteroatoms. The van der Waals surface area contributed by atoms with Crippen LogP contribution in [0.1, 0.15) is 29.8 Å². The van der Waals surface area contributed by atoms with E-state index in [4.69, 9.17) is 22.1 Å². The molecular formula is C17H19ClN2O2. The molecule has 0 radical (unpaired) electrons. The zero-order valence-corrected chi connectivity index (χ0v) is 13.4. The summed E-state index contributed by atoms with van der Waals surface area (Å²) in [5.74, 6) is 0.114. The number of amides is 1. The summed E-state index contributed by atoms with van der Waals surface area (Å²) in [5.41, 5.74) is 7.50. The standard InChI is InChI=1S/C17H19ClN2O2/c1-11(2)22-15-8-13(17(19)21)7-14(9-15)20-10-12-5-3-4-6-16(12)18/h3-9,11,20H,10H2,1-2H3,(H2,19,21). The van der Waals surface area contributed by atoms with Crippen LogP contribution in [-0.4, -0.2) is 12.0 Å². The zero-order chi connectivity index (χ0) is 16.1. The van der Waals surface area contributed by atoms with Crippen molar-refractivity contribution in [3.05, 3.63) is 58.6 Å². The van der Waals surface area contributed by atoms with Gasteiger partial charge in [-0.3, -0.25) is 4.79 Å². The summed E-state index contributed by atoms with van der Waals surface area (Å²) in [6.45, 7) is 4.39. The third-order valence-corrected chi connectivity index (χ3v) is 3.37. The highest BCUT2D eigenvalue weighted by Crippen LogP contribution is 2.23. The van der Waals surface area contributed by atoms with Gasteiger partial charge in [0, 0.05) is 28.9 Å². The molecule has 0 fully saturated rings. The lowest BCUT2D eigenvalue weighted by molar-refractivity contribution is 0.0999. The van der Waals surface area contributed by atoms with Crippen LogP contribution in [0.3, 0.4) is 0 Å². The van der Waals surface area contributed by atoms with Crippen molar-refractivity contribution in [2.45, 2.75) is 26.5 Å². The van der Waals surface area contributed by atoms with E-state index in [1.54, 1.807) is 12.1 Å². The van der Waals surface area contributed by atoms with Gasteiger partial charge in [-0.15, -0.1) is 0 Å². The summed E-state index contributed by atoms with van der Waals surface area (Å²) >= 11 is 6.13. The normalized spacial score (nSPS) is 10.5. The van der Waals surface area contributed by atoms with Gasteiger partial charge in [0.25, 0.3) is 0 Å². The third kappa shape index (κ3) is 4.40. The SMILES string of the molecule is CC(C)Oc1cc(NCc2ccccc2Cl)cc(C(N)=O)c1. The van der Waals surface area contributed by atoms with E-state index in [0.29, 0.717) is 22.9 Å². The minimum absolute atomic E-state index is 0.0135. The number of hydrogen-bond acceptors (Lipinski definition) is 3. The smallest absolute Gasteiger partial charge is 0.248 e. The van der Waals surface area contributed by atoms with Gasteiger partial charge in [-0.05, 0) is 37.6 Å². The Bertz CT molecular complexity index is 671. The average molecular weight is 319 g/mol. The van der Waals surface area contributed by atoms with Crippen molar-refractivity contribution in [3.63, 3.8) is 0 Å². The predicted molar refractivity (Wildman–Crippen MR) is 89.5 cm³/mol. The van der Waals surface area contributed by atoms with Crippen molar-refractivity contribution in [2.75, 3.05) is 5.32 Å². The molecule has 4 nitrogen and oxygen atoms in total. The lowest BCUT2D eigenvalue weighted by Crippen LogP contribution is -2.13. The van der Waals surface area contributed by atoms with Crippen molar-refractivity contribution in [2.24, 2.45) is 5.73 Å². The Morgan fingerprint density at radius 1 is 1.27 bits per heavy atom. The minimum Gasteiger partial charge on any atom is -0.491 e. The minimum atomic E-state index is -0.491. The summed E-state index contributed by atoms with van der Waals surface area (Å²) < 4.78 is 5.65. The summed E-state index contributed by atoms with van der Waals surface area (Å²) in [7, 11) is 0. The van der Waals surface area contributed by atoms with E-state index >= 15 is 0 Å². The van der Waals surface area contributed by atoms with Crippen LogP contribution in [0.4, 0.5) is 5.69 Å². The molecule has 1 amide bonds. The van der Waals surface area contributed by atoms with E-state index < -0.39 is 5.91 Å². The molecule has 0 aromatic heterocycles. The number of hydrogen-bond donors (Lipinski definition) is 2. The summed E-state index contributed by atoms with van der Waals surface area (Å²) in [6, 6.07) is 12.8. The first-order valence-corrected chi connectivity index (χ1v) is 7.42. The van der Waals surface area contributed by atoms with Crippen molar-refractivity contribution >= 4 is 23.2 Å². The fraction of sp³-hybridized carbons (Fsp3) is 0.235. The number of halogens is 1. The van der Waals surface area contributed by atoms with E-state index in [1.807, 2.05) is 44.2 Å². The van der Waals surface area contributed by atoms with Crippen molar-refractivity contribution < 1.29 is 9.53 Å². The largest absolute Gasteiger partial charge is 0.491 e. The molecular weight excluding hydrogens is 300 g/mol. The number of anilines is 1. The van der Waals surface area contributed by atoms with E-state index in [-0.39, 0.29) is 6.10 Å². The molecule has 2 aromatic rings. The second-order valence-corrected chi connectivity index (χ2v) is 5.63. The van der Waals surface area contributed by atoms with Crippen LogP contribution in [-0.2, 0) is 6.54 Å². The summed E-state index contributed by atoms with van der Waals surface area (Å²) in [6.07, 6.45) is 0.0135. The first-order chi connectivity index (χ1) is 10.5. The zero-order valence-electron chi connectivity index (χ0n) is 12.6. The highest BCUT2D eigenvalue weighted by atomic mass is 35.5. The van der Waals surface area contributed by atoms with Crippen LogP contribution in [0.25, 0.3) is 0 Å². The van der Waals surface area contributed by atoms with E-state index in [9.17, 15) is 4.79 Å². The summed E-state index contributed by atoms with van der Waals surface area (Å²) in [4.78, 5) is 11.4. The molecule has 0 heterocycles. The summed E-state index contributed by atoms with van der Waals surface area (Å²) in [5, 5.41) is 3.93. The van der Waals surface area contributed by atoms with Crippen molar-refractivity contribution in [1.82, 2.24) is 0 Å². The molecule has 0 saturated carbocycles. The highest BCUT2D eigenvalue weighted by Gasteiger charge is 2.08. The van der Waals surface area contributed by atoms with Gasteiger partial charge in [-0.1, -0.05) is 29.8 Å². The average Bonchev–Trinajstić information content (AvgIpc) is 2.45. The fourth-order valence-corrected chi connectivity index (χ4v) is 2.23. The molecule has 2 aromatic carbocycles. The maximum absolute atomic E-state index is 11.4. The number of ether oxygens (including phenoxy) is 1. The molecule has 0 aliphatic carbocycles. The molecule has 22 heavy (non-hydrogen) atoms. The van der Waals surface area contributed by atoms with Gasteiger partial charge in [0.2, 0.25) is 5.91 Å². The number of rotatable bonds is 6. The molecule has 0 bridgehead atoms. The Morgan fingerprint density at radius 2 is 2.00 bits per heavy atom. The molecule has 0 aliphatic heterocycles. The van der Waals surface area contributed by atoms with Crippen LogP contribution < -0.4 is 15.8 Å². The third-order valence-electron chi connectivity index (χ3n) is 3.00. The second-order valence-electron chi connectivity index (χ2n) is 5.22. The predicted octanol–water partition coefficient (Wildman–Crippen LogP) is 3.84. The Hall–Kier alpha value is -2.20. The Labute approximate surface area is 135 Å². The molecule has 2 rings (SSSR count). The van der Waals surface area contributed by atoms with Crippen LogP contribution in [0.2, 0.25) is 5.02 Å². The van der Waals surface area contributed by atoms with Crippen LogP contribution in [0.15, 0.2) is 42.5 Å². The maximum atomic E-state index is 11.4. The molecule has 3 N–H and O–H groups in total. The van der Waals surface area contributed by atoms with Gasteiger partial charge < -0.3 is 15.8 Å². The first-order valence-electron chi connectivity index (χ1n) is 7.04. The number of primary amides is 1. The van der Waals surface area contributed by atoms with Gasteiger partial charge in [0.1, 0.15) is 5.75 Å². The molecule has 0 unspecified atom stereocenters. The van der Waals surface area contributed by atoms with E-state index in [1.165, 1.54) is 0 Å². The fourth-order valence-electron chi connectivity index (χ4n) is 2.02. The molecule has 0 aliphatic rings. The molecule has 0 saturated heterocycles. The second kappa shape index (κ2) is 7.18. The van der Waals surface area contributed by atoms with Crippen LogP contribution >= 0.6 is 11.6 Å². The van der Waals surface area contributed by atoms with Crippen LogP contribution in [0, 0.1) is 0 Å². The monoisotopic (exact) mass is 318 g/mol. The lowest BCUT2D eigenvalue weighted by atomic mass is 10.1. The molecule has 116 valence electrons. The van der Waals surface area contributed by atoms with E-state index in [2.05, 4.69) is 5.32 Å². The topological polar surface area (TPSA) is 64.3 Å². The number of carbonyl (C=O) groups excluding carboxylic acids is 1. The van der Waals surface area contributed by atoms with Crippen molar-refractivity contribution in [3.8, 4) is 5.75 Å². The number of nitrogens with two attached hydrogens (primary N) is 1. The highest BCUT2D eigenvalue weighted by molar-refractivity contribution is 6.31. The first kappa shape index (κ1) is 16.2. The van der Waals surface area contributed by atoms with E-state index in [0.717, 1.165) is 11.3 Å². The molecule has 0 spiro atoms. The van der Waals surface area contributed by atoms with Crippen molar-refractivity contribution in [1.29, 1.82) is 0 Å². The number of nitrogens with one attached hydrogen (secondary N) is 1. The lowest BCUT2D eigenvalue weighted by Gasteiger charge is -2.14. The van der Waals surface area contributed by atoms with Gasteiger partial charge in [-0.25, -0.2) is 0 Å². The Kier molecular flexibility index (Phi) is 5.28. The quantitative estimate of drug-likeness (QED) is 0.850. The van der Waals surface area contributed by atoms with Gasteiger partial charge in [0.05, 0.1) is 6.10 Å². The van der Waals surface area contributed by atoms with Crippen LogP contribution in [0.5, 0.6) is 5.75 Å². The van der Waals surface area contributed by atoms with Gasteiger partial charge in [0.15, 0.2) is 0 Å². The number of benzene rings is 2. The molecule has 0 atom stereocenters. The maximum Gasteiger partial charge on any atom is 0.248 e. The van der Waals surface area contributed by atoms with Gasteiger partial charge >= 0.3 is 0 Å². The Balaban J connectivity index is 2.20. The number of carbonyl (C=O) groups is 1. The Morgan fingerprint density at radius 3 is 2.64 bits per heavy atom. The van der Waals surface area contributed by atoms with Gasteiger partial charge in [-0.2, -0.15) is 0 Å².